The molecule has 4 nitrogen and oxygen atoms in total. The van der Waals surface area contributed by atoms with E-state index in [0.29, 0.717) is 18.0 Å². The molecule has 0 fully saturated rings. The highest BCUT2D eigenvalue weighted by Gasteiger charge is 2.12. The Balaban J connectivity index is 2.07. The molecule has 112 valence electrons. The van der Waals surface area contributed by atoms with Crippen LogP contribution >= 0.6 is 0 Å². The SMILES string of the molecule is COc1ccnc(CNC(C)c2ccc(F)cc2)c1OC. The number of nitrogens with zero attached hydrogens (tertiary/aromatic N) is 1. The van der Waals surface area contributed by atoms with Gasteiger partial charge in [0.2, 0.25) is 0 Å². The Kier molecular flexibility index (Phi) is 5.11. The first-order chi connectivity index (χ1) is 10.2. The van der Waals surface area contributed by atoms with Gasteiger partial charge in [-0.2, -0.15) is 0 Å². The lowest BCUT2D eigenvalue weighted by molar-refractivity contribution is 0.347. The second-order valence-electron chi connectivity index (χ2n) is 4.65. The second kappa shape index (κ2) is 7.04. The summed E-state index contributed by atoms with van der Waals surface area (Å²) in [6.07, 6.45) is 1.68. The monoisotopic (exact) mass is 290 g/mol. The molecule has 1 N–H and O–H groups in total. The molecular formula is C16H19FN2O2. The lowest BCUT2D eigenvalue weighted by Gasteiger charge is -2.16. The minimum absolute atomic E-state index is 0.0725. The van der Waals surface area contributed by atoms with E-state index in [-0.39, 0.29) is 11.9 Å². The average molecular weight is 290 g/mol. The molecule has 1 unspecified atom stereocenters. The summed E-state index contributed by atoms with van der Waals surface area (Å²) in [7, 11) is 3.18. The van der Waals surface area contributed by atoms with E-state index in [2.05, 4.69) is 10.3 Å². The number of methoxy groups -OCH3 is 2. The Morgan fingerprint density at radius 2 is 1.86 bits per heavy atom. The molecule has 2 aromatic rings. The van der Waals surface area contributed by atoms with Crippen molar-refractivity contribution in [2.75, 3.05) is 14.2 Å². The molecule has 2 rings (SSSR count). The molecule has 1 atom stereocenters. The fourth-order valence-corrected chi connectivity index (χ4v) is 2.10. The van der Waals surface area contributed by atoms with Gasteiger partial charge in [0.05, 0.1) is 19.9 Å². The highest BCUT2D eigenvalue weighted by atomic mass is 19.1. The van der Waals surface area contributed by atoms with Crippen LogP contribution in [0.2, 0.25) is 0 Å². The third kappa shape index (κ3) is 3.70. The van der Waals surface area contributed by atoms with Crippen molar-refractivity contribution in [2.24, 2.45) is 0 Å². The van der Waals surface area contributed by atoms with Crippen LogP contribution in [0.15, 0.2) is 36.5 Å². The fraction of sp³-hybridized carbons (Fsp3) is 0.312. The molecule has 0 saturated heterocycles. The van der Waals surface area contributed by atoms with Crippen molar-refractivity contribution in [3.8, 4) is 11.5 Å². The average Bonchev–Trinajstić information content (AvgIpc) is 2.52. The summed E-state index contributed by atoms with van der Waals surface area (Å²) in [6, 6.07) is 8.27. The molecule has 1 aromatic carbocycles. The number of aromatic nitrogens is 1. The minimum atomic E-state index is -0.234. The second-order valence-corrected chi connectivity index (χ2v) is 4.65. The van der Waals surface area contributed by atoms with Crippen LogP contribution in [0.3, 0.4) is 0 Å². The molecule has 1 heterocycles. The van der Waals surface area contributed by atoms with E-state index >= 15 is 0 Å². The van der Waals surface area contributed by atoms with Gasteiger partial charge in [0.1, 0.15) is 5.82 Å². The van der Waals surface area contributed by atoms with Gasteiger partial charge in [-0.1, -0.05) is 12.1 Å². The molecule has 0 aliphatic heterocycles. The molecule has 0 aliphatic carbocycles. The van der Waals surface area contributed by atoms with Gasteiger partial charge in [-0.15, -0.1) is 0 Å². The smallest absolute Gasteiger partial charge is 0.183 e. The first kappa shape index (κ1) is 15.3. The van der Waals surface area contributed by atoms with E-state index in [1.165, 1.54) is 12.1 Å². The Morgan fingerprint density at radius 1 is 1.14 bits per heavy atom. The third-order valence-corrected chi connectivity index (χ3v) is 3.31. The summed E-state index contributed by atoms with van der Waals surface area (Å²) in [4.78, 5) is 4.31. The third-order valence-electron chi connectivity index (χ3n) is 3.31. The summed E-state index contributed by atoms with van der Waals surface area (Å²) >= 11 is 0. The topological polar surface area (TPSA) is 43.4 Å². The molecule has 0 spiro atoms. The number of pyridine rings is 1. The molecule has 21 heavy (non-hydrogen) atoms. The molecule has 0 amide bonds. The van der Waals surface area contributed by atoms with Crippen molar-refractivity contribution in [3.05, 3.63) is 53.6 Å². The van der Waals surface area contributed by atoms with Crippen molar-refractivity contribution in [2.45, 2.75) is 19.5 Å². The van der Waals surface area contributed by atoms with Gasteiger partial charge < -0.3 is 14.8 Å². The van der Waals surface area contributed by atoms with Crippen LogP contribution in [-0.2, 0) is 6.54 Å². The predicted octanol–water partition coefficient (Wildman–Crippen LogP) is 3.09. The number of nitrogens with one attached hydrogen (secondary N) is 1. The highest BCUT2D eigenvalue weighted by molar-refractivity contribution is 5.42. The largest absolute Gasteiger partial charge is 0.493 e. The molecule has 0 radical (unpaired) electrons. The van der Waals surface area contributed by atoms with Gasteiger partial charge in [0, 0.05) is 24.8 Å². The Bertz CT molecular complexity index is 587. The van der Waals surface area contributed by atoms with Crippen molar-refractivity contribution >= 4 is 0 Å². The lowest BCUT2D eigenvalue weighted by atomic mass is 10.1. The number of hydrogen-bond donors (Lipinski definition) is 1. The van der Waals surface area contributed by atoms with Crippen molar-refractivity contribution in [1.82, 2.24) is 10.3 Å². The number of rotatable bonds is 6. The van der Waals surface area contributed by atoms with Gasteiger partial charge in [0.15, 0.2) is 11.5 Å². The summed E-state index contributed by atoms with van der Waals surface area (Å²) in [5.41, 5.74) is 1.78. The maximum Gasteiger partial charge on any atom is 0.183 e. The van der Waals surface area contributed by atoms with E-state index in [9.17, 15) is 4.39 Å². The van der Waals surface area contributed by atoms with Crippen LogP contribution in [0.4, 0.5) is 4.39 Å². The molecule has 0 aliphatic rings. The predicted molar refractivity (Wildman–Crippen MR) is 79.0 cm³/mol. The van der Waals surface area contributed by atoms with Crippen LogP contribution < -0.4 is 14.8 Å². The lowest BCUT2D eigenvalue weighted by Crippen LogP contribution is -2.19. The Morgan fingerprint density at radius 3 is 2.48 bits per heavy atom. The zero-order chi connectivity index (χ0) is 15.2. The molecule has 5 heteroatoms. The maximum atomic E-state index is 12.9. The van der Waals surface area contributed by atoms with Gasteiger partial charge in [-0.3, -0.25) is 4.98 Å². The fourth-order valence-electron chi connectivity index (χ4n) is 2.10. The molecule has 1 aromatic heterocycles. The molecule has 0 bridgehead atoms. The summed E-state index contributed by atoms with van der Waals surface area (Å²) in [5.74, 6) is 1.04. The van der Waals surface area contributed by atoms with Crippen LogP contribution in [0, 0.1) is 5.82 Å². The van der Waals surface area contributed by atoms with Crippen LogP contribution in [0.5, 0.6) is 11.5 Å². The number of hydrogen-bond acceptors (Lipinski definition) is 4. The van der Waals surface area contributed by atoms with E-state index in [1.54, 1.807) is 38.6 Å². The minimum Gasteiger partial charge on any atom is -0.493 e. The molecular weight excluding hydrogens is 271 g/mol. The Hall–Kier alpha value is -2.14. The zero-order valence-corrected chi connectivity index (χ0v) is 12.4. The van der Waals surface area contributed by atoms with E-state index in [4.69, 9.17) is 9.47 Å². The van der Waals surface area contributed by atoms with Crippen molar-refractivity contribution in [1.29, 1.82) is 0 Å². The van der Waals surface area contributed by atoms with Crippen LogP contribution in [0.25, 0.3) is 0 Å². The maximum absolute atomic E-state index is 12.9. The standard InChI is InChI=1S/C16H19FN2O2/c1-11(12-4-6-13(17)7-5-12)19-10-14-16(21-3)15(20-2)8-9-18-14/h4-9,11,19H,10H2,1-3H3. The first-order valence-corrected chi connectivity index (χ1v) is 6.70. The van der Waals surface area contributed by atoms with E-state index in [1.807, 2.05) is 6.92 Å². The van der Waals surface area contributed by atoms with Gasteiger partial charge in [-0.25, -0.2) is 4.39 Å². The van der Waals surface area contributed by atoms with E-state index in [0.717, 1.165) is 11.3 Å². The number of ether oxygens (including phenoxy) is 2. The molecule has 0 saturated carbocycles. The highest BCUT2D eigenvalue weighted by Crippen LogP contribution is 2.29. The van der Waals surface area contributed by atoms with Gasteiger partial charge >= 0.3 is 0 Å². The summed E-state index contributed by atoms with van der Waals surface area (Å²) < 4.78 is 23.5. The summed E-state index contributed by atoms with van der Waals surface area (Å²) in [6.45, 7) is 2.54. The Labute approximate surface area is 123 Å². The number of halogens is 1. The first-order valence-electron chi connectivity index (χ1n) is 6.70. The van der Waals surface area contributed by atoms with Crippen molar-refractivity contribution < 1.29 is 13.9 Å². The number of benzene rings is 1. The van der Waals surface area contributed by atoms with Crippen molar-refractivity contribution in [3.63, 3.8) is 0 Å². The van der Waals surface area contributed by atoms with Gasteiger partial charge in [-0.05, 0) is 24.6 Å². The summed E-state index contributed by atoms with van der Waals surface area (Å²) in [5, 5.41) is 3.34. The van der Waals surface area contributed by atoms with E-state index < -0.39 is 0 Å². The van der Waals surface area contributed by atoms with Crippen LogP contribution in [0.1, 0.15) is 24.2 Å². The normalized spacial score (nSPS) is 12.0. The quantitative estimate of drug-likeness (QED) is 0.888. The van der Waals surface area contributed by atoms with Gasteiger partial charge in [0.25, 0.3) is 0 Å². The zero-order valence-electron chi connectivity index (χ0n) is 12.4. The van der Waals surface area contributed by atoms with Crippen LogP contribution in [-0.4, -0.2) is 19.2 Å².